The van der Waals surface area contributed by atoms with Crippen molar-refractivity contribution in [2.24, 2.45) is 0 Å². The third-order valence-corrected chi connectivity index (χ3v) is 4.96. The van der Waals surface area contributed by atoms with E-state index in [1.165, 1.54) is 4.90 Å². The molecule has 2 saturated heterocycles. The van der Waals surface area contributed by atoms with Crippen LogP contribution in [0, 0.1) is 0 Å². The molecule has 2 heterocycles. The van der Waals surface area contributed by atoms with Crippen LogP contribution in [0.5, 0.6) is 0 Å². The molecule has 1 N–H and O–H groups in total. The Labute approximate surface area is 176 Å². The van der Waals surface area contributed by atoms with Gasteiger partial charge in [-0.1, -0.05) is 0 Å². The van der Waals surface area contributed by atoms with Crippen molar-refractivity contribution in [2.75, 3.05) is 43.6 Å². The lowest BCUT2D eigenvalue weighted by atomic mass is 10.1. The number of anilines is 2. The number of hydrogen-bond donors (Lipinski definition) is 1. The lowest BCUT2D eigenvalue weighted by molar-refractivity contribution is -0.125. The van der Waals surface area contributed by atoms with Crippen LogP contribution in [-0.4, -0.2) is 74.0 Å². The molecule has 0 saturated carbocycles. The summed E-state index contributed by atoms with van der Waals surface area (Å²) in [6.07, 6.45) is -0.381. The molecule has 2 aliphatic rings. The lowest BCUT2D eigenvalue weighted by Crippen LogP contribution is -2.45. The standard InChI is InChI=1S/C21H29N3O6/c1-21(2,3)30-20(27)24-12-16(28-4)11-17(24)19(26)22-14-5-7-15(8-6-14)23-9-10-29-13-18(23)25/h5-8,16-17H,9-13H2,1-4H3,(H,22,26)/t16-,17-/m1/s1. The van der Waals surface area contributed by atoms with Crippen LogP contribution in [0.4, 0.5) is 16.2 Å². The van der Waals surface area contributed by atoms with Crippen LogP contribution in [0.1, 0.15) is 27.2 Å². The molecule has 2 aliphatic heterocycles. The summed E-state index contributed by atoms with van der Waals surface area (Å²) >= 11 is 0. The molecule has 1 aromatic rings. The molecule has 2 atom stereocenters. The molecule has 2 fully saturated rings. The molecule has 9 heteroatoms. The van der Waals surface area contributed by atoms with Gasteiger partial charge in [0.25, 0.3) is 5.91 Å². The van der Waals surface area contributed by atoms with E-state index < -0.39 is 17.7 Å². The Morgan fingerprint density at radius 3 is 2.50 bits per heavy atom. The summed E-state index contributed by atoms with van der Waals surface area (Å²) in [7, 11) is 1.56. The quantitative estimate of drug-likeness (QED) is 0.802. The van der Waals surface area contributed by atoms with Crippen molar-refractivity contribution in [3.8, 4) is 0 Å². The zero-order valence-corrected chi connectivity index (χ0v) is 17.8. The predicted molar refractivity (Wildman–Crippen MR) is 110 cm³/mol. The molecule has 164 valence electrons. The molecule has 0 spiro atoms. The molecule has 0 unspecified atom stereocenters. The van der Waals surface area contributed by atoms with Crippen LogP contribution < -0.4 is 10.2 Å². The minimum atomic E-state index is -0.690. The van der Waals surface area contributed by atoms with E-state index in [1.807, 2.05) is 0 Å². The normalized spacial score (nSPS) is 22.2. The number of rotatable bonds is 4. The number of carbonyl (C=O) groups excluding carboxylic acids is 3. The summed E-state index contributed by atoms with van der Waals surface area (Å²) in [5.41, 5.74) is 0.669. The zero-order chi connectivity index (χ0) is 21.9. The fourth-order valence-electron chi connectivity index (χ4n) is 3.48. The van der Waals surface area contributed by atoms with Crippen molar-refractivity contribution >= 4 is 29.3 Å². The van der Waals surface area contributed by atoms with E-state index in [0.29, 0.717) is 31.8 Å². The minimum absolute atomic E-state index is 0.0708. The fourth-order valence-corrected chi connectivity index (χ4v) is 3.48. The van der Waals surface area contributed by atoms with E-state index in [2.05, 4.69) is 5.32 Å². The summed E-state index contributed by atoms with van der Waals surface area (Å²) < 4.78 is 16.0. The van der Waals surface area contributed by atoms with Gasteiger partial charge in [0.05, 0.1) is 19.3 Å². The second-order valence-electron chi connectivity index (χ2n) is 8.38. The van der Waals surface area contributed by atoms with Gasteiger partial charge in [0.15, 0.2) is 0 Å². The number of benzene rings is 1. The summed E-state index contributed by atoms with van der Waals surface area (Å²) in [5, 5.41) is 2.85. The van der Waals surface area contributed by atoms with Crippen LogP contribution in [0.25, 0.3) is 0 Å². The summed E-state index contributed by atoms with van der Waals surface area (Å²) in [5.74, 6) is -0.404. The van der Waals surface area contributed by atoms with Crippen LogP contribution in [-0.2, 0) is 23.8 Å². The lowest BCUT2D eigenvalue weighted by Gasteiger charge is -2.28. The van der Waals surface area contributed by atoms with Gasteiger partial charge < -0.3 is 24.4 Å². The van der Waals surface area contributed by atoms with Gasteiger partial charge in [0.1, 0.15) is 18.2 Å². The Hall–Kier alpha value is -2.65. The highest BCUT2D eigenvalue weighted by Gasteiger charge is 2.41. The van der Waals surface area contributed by atoms with Gasteiger partial charge in [-0.15, -0.1) is 0 Å². The van der Waals surface area contributed by atoms with Crippen molar-refractivity contribution in [1.82, 2.24) is 4.90 Å². The average Bonchev–Trinajstić information content (AvgIpc) is 3.13. The second kappa shape index (κ2) is 9.01. The highest BCUT2D eigenvalue weighted by molar-refractivity contribution is 5.98. The monoisotopic (exact) mass is 419 g/mol. The second-order valence-corrected chi connectivity index (χ2v) is 8.38. The third kappa shape index (κ3) is 5.28. The van der Waals surface area contributed by atoms with Gasteiger partial charge in [0, 0.05) is 31.5 Å². The number of ether oxygens (including phenoxy) is 3. The molecular weight excluding hydrogens is 390 g/mol. The third-order valence-electron chi connectivity index (χ3n) is 4.96. The topological polar surface area (TPSA) is 97.4 Å². The van der Waals surface area contributed by atoms with Crippen LogP contribution in [0.2, 0.25) is 0 Å². The maximum Gasteiger partial charge on any atom is 0.411 e. The Kier molecular flexibility index (Phi) is 6.62. The van der Waals surface area contributed by atoms with E-state index in [9.17, 15) is 14.4 Å². The molecule has 1 aromatic carbocycles. The van der Waals surface area contributed by atoms with E-state index in [0.717, 1.165) is 5.69 Å². The molecule has 0 radical (unpaired) electrons. The first-order chi connectivity index (χ1) is 14.2. The van der Waals surface area contributed by atoms with E-state index in [1.54, 1.807) is 57.0 Å². The minimum Gasteiger partial charge on any atom is -0.444 e. The van der Waals surface area contributed by atoms with Crippen molar-refractivity contribution in [3.63, 3.8) is 0 Å². The molecule has 3 amide bonds. The zero-order valence-electron chi connectivity index (χ0n) is 17.8. The van der Waals surface area contributed by atoms with E-state index >= 15 is 0 Å². The maximum absolute atomic E-state index is 12.9. The summed E-state index contributed by atoms with van der Waals surface area (Å²) in [6, 6.07) is 6.33. The van der Waals surface area contributed by atoms with Crippen LogP contribution in [0.15, 0.2) is 24.3 Å². The molecule has 0 aliphatic carbocycles. The first kappa shape index (κ1) is 22.0. The number of amides is 3. The highest BCUT2D eigenvalue weighted by Crippen LogP contribution is 2.25. The summed E-state index contributed by atoms with van der Waals surface area (Å²) in [4.78, 5) is 40.5. The van der Waals surface area contributed by atoms with E-state index in [4.69, 9.17) is 14.2 Å². The predicted octanol–water partition coefficient (Wildman–Crippen LogP) is 2.01. The van der Waals surface area contributed by atoms with Crippen LogP contribution >= 0.6 is 0 Å². The molecule has 3 rings (SSSR count). The average molecular weight is 419 g/mol. The molecule has 0 bridgehead atoms. The number of methoxy groups -OCH3 is 1. The van der Waals surface area contributed by atoms with Crippen molar-refractivity contribution in [2.45, 2.75) is 44.9 Å². The van der Waals surface area contributed by atoms with E-state index in [-0.39, 0.29) is 24.5 Å². The highest BCUT2D eigenvalue weighted by atomic mass is 16.6. The van der Waals surface area contributed by atoms with Gasteiger partial charge in [-0.25, -0.2) is 4.79 Å². The molecule has 30 heavy (non-hydrogen) atoms. The van der Waals surface area contributed by atoms with Gasteiger partial charge in [-0.3, -0.25) is 14.5 Å². The van der Waals surface area contributed by atoms with Gasteiger partial charge in [0.2, 0.25) is 5.91 Å². The number of morpholine rings is 1. The van der Waals surface area contributed by atoms with Gasteiger partial charge in [-0.05, 0) is 45.0 Å². The number of carbonyl (C=O) groups is 3. The fraction of sp³-hybridized carbons (Fsp3) is 0.571. The SMILES string of the molecule is CO[C@@H]1C[C@H](C(=O)Nc2ccc(N3CCOCC3=O)cc2)N(C(=O)OC(C)(C)C)C1. The first-order valence-electron chi connectivity index (χ1n) is 9.99. The smallest absolute Gasteiger partial charge is 0.411 e. The summed E-state index contributed by atoms with van der Waals surface area (Å²) in [6.45, 7) is 6.70. The molecule has 0 aromatic heterocycles. The Morgan fingerprint density at radius 2 is 1.90 bits per heavy atom. The van der Waals surface area contributed by atoms with Crippen LogP contribution in [0.3, 0.4) is 0 Å². The molecule has 9 nitrogen and oxygen atoms in total. The Morgan fingerprint density at radius 1 is 1.20 bits per heavy atom. The number of nitrogens with zero attached hydrogens (tertiary/aromatic N) is 2. The first-order valence-corrected chi connectivity index (χ1v) is 9.99. The van der Waals surface area contributed by atoms with Crippen molar-refractivity contribution < 1.29 is 28.6 Å². The Bertz CT molecular complexity index is 789. The van der Waals surface area contributed by atoms with Crippen molar-refractivity contribution in [3.05, 3.63) is 24.3 Å². The number of hydrogen-bond acceptors (Lipinski definition) is 6. The van der Waals surface area contributed by atoms with Gasteiger partial charge in [-0.2, -0.15) is 0 Å². The van der Waals surface area contributed by atoms with Gasteiger partial charge >= 0.3 is 6.09 Å². The van der Waals surface area contributed by atoms with Crippen molar-refractivity contribution in [1.29, 1.82) is 0 Å². The number of likely N-dealkylation sites (tertiary alicyclic amines) is 1. The largest absolute Gasteiger partial charge is 0.444 e. The number of nitrogens with one attached hydrogen (secondary N) is 1. The molecular formula is C21H29N3O6. The maximum atomic E-state index is 12.9. The Balaban J connectivity index is 1.67.